The molecule has 2 saturated heterocycles. The minimum atomic E-state index is -1.18. The van der Waals surface area contributed by atoms with Crippen molar-refractivity contribution in [2.45, 2.75) is 69.2 Å². The van der Waals surface area contributed by atoms with Crippen LogP contribution in [0.4, 0.5) is 0 Å². The number of carbonyl (C=O) groups excluding carboxylic acids is 2. The van der Waals surface area contributed by atoms with Crippen molar-refractivity contribution in [2.24, 2.45) is 0 Å². The number of carbonyl (C=O) groups is 2. The Morgan fingerprint density at radius 2 is 1.95 bits per heavy atom. The number of rotatable bonds is 11. The van der Waals surface area contributed by atoms with E-state index in [1.54, 1.807) is 23.1 Å². The number of aliphatic hydroxyl groups excluding tert-OH is 3. The smallest absolute Gasteiger partial charge is 0.252 e. The van der Waals surface area contributed by atoms with Gasteiger partial charge in [0.25, 0.3) is 5.91 Å². The first-order valence-electron chi connectivity index (χ1n) is 13.3. The summed E-state index contributed by atoms with van der Waals surface area (Å²) in [4.78, 5) is 28.4. The number of methoxy groups -OCH3 is 1. The molecule has 2 fully saturated rings. The Kier molecular flexibility index (Phi) is 10.8. The van der Waals surface area contributed by atoms with E-state index in [0.717, 1.165) is 19.3 Å². The Labute approximate surface area is 241 Å². The van der Waals surface area contributed by atoms with Crippen LogP contribution >= 0.6 is 22.6 Å². The predicted molar refractivity (Wildman–Crippen MR) is 148 cm³/mol. The minimum Gasteiger partial charge on any atom is -0.493 e. The van der Waals surface area contributed by atoms with Crippen molar-refractivity contribution in [1.82, 2.24) is 10.2 Å². The molecule has 2 aliphatic heterocycles. The molecule has 39 heavy (non-hydrogen) atoms. The van der Waals surface area contributed by atoms with Crippen molar-refractivity contribution in [3.8, 4) is 11.5 Å². The van der Waals surface area contributed by atoms with E-state index >= 15 is 0 Å². The van der Waals surface area contributed by atoms with E-state index in [2.05, 4.69) is 27.9 Å². The molecular formula is C27H37IN2O9. The molecule has 0 spiro atoms. The molecular weight excluding hydrogens is 623 g/mol. The number of benzene rings is 1. The number of hydrogen-bond acceptors (Lipinski definition) is 9. The molecule has 2 amide bonds. The first-order chi connectivity index (χ1) is 18.9. The summed E-state index contributed by atoms with van der Waals surface area (Å²) in [6.45, 7) is 1.05. The molecule has 1 aromatic carbocycles. The molecule has 0 aromatic heterocycles. The summed E-state index contributed by atoms with van der Waals surface area (Å²) in [5.74, 6) is 0.0739. The van der Waals surface area contributed by atoms with Crippen molar-refractivity contribution < 1.29 is 43.9 Å². The summed E-state index contributed by atoms with van der Waals surface area (Å²) in [6.07, 6.45) is 1.76. The molecule has 12 heteroatoms. The fourth-order valence-corrected chi connectivity index (χ4v) is 6.04. The Balaban J connectivity index is 1.68. The van der Waals surface area contributed by atoms with Crippen LogP contribution in [-0.4, -0.2) is 103 Å². The van der Waals surface area contributed by atoms with E-state index in [1.807, 2.05) is 0 Å². The maximum atomic E-state index is 13.7. The van der Waals surface area contributed by atoms with E-state index in [1.165, 1.54) is 7.11 Å². The van der Waals surface area contributed by atoms with Gasteiger partial charge in [-0.2, -0.15) is 0 Å². The number of hydrogen-bond donors (Lipinski definition) is 4. The third kappa shape index (κ3) is 7.22. The van der Waals surface area contributed by atoms with Gasteiger partial charge in [0.1, 0.15) is 18.3 Å². The SMILES string of the molecule is COc1cc(CO)cc(I)c1O[C@H]1C=C(C(=O)NCCO)C[C@@H](N(C[C@H]2CCCO2)C(=O)C2CCCO2)[C@@H]1O. The van der Waals surface area contributed by atoms with Crippen molar-refractivity contribution in [1.29, 1.82) is 0 Å². The molecule has 5 atom stereocenters. The fraction of sp³-hybridized carbons (Fsp3) is 0.630. The number of halogens is 1. The Morgan fingerprint density at radius 1 is 1.18 bits per heavy atom. The number of ether oxygens (including phenoxy) is 4. The largest absolute Gasteiger partial charge is 0.493 e. The molecule has 0 bridgehead atoms. The first kappa shape index (κ1) is 30.0. The van der Waals surface area contributed by atoms with Crippen LogP contribution in [0.3, 0.4) is 0 Å². The standard InChI is InChI=1S/C27H37IN2O9/c1-36-23-11-16(15-32)10-19(28)25(23)39-22-13-17(26(34)29-6-7-31)12-20(24(22)33)30(14-18-4-2-8-37-18)27(35)21-5-3-9-38-21/h10-11,13,18,20-22,24,31-33H,2-9,12,14-15H2,1H3,(H,29,34)/t18-,20-,21?,22+,24+/m1/s1. The highest BCUT2D eigenvalue weighted by molar-refractivity contribution is 14.1. The van der Waals surface area contributed by atoms with E-state index in [-0.39, 0.29) is 44.7 Å². The molecule has 0 saturated carbocycles. The van der Waals surface area contributed by atoms with E-state index in [0.29, 0.717) is 45.8 Å². The lowest BCUT2D eigenvalue weighted by atomic mass is 9.87. The van der Waals surface area contributed by atoms with Gasteiger partial charge >= 0.3 is 0 Å². The second-order valence-electron chi connectivity index (χ2n) is 9.91. The van der Waals surface area contributed by atoms with Crippen LogP contribution in [0.25, 0.3) is 0 Å². The highest BCUT2D eigenvalue weighted by Crippen LogP contribution is 2.37. The molecule has 2 heterocycles. The van der Waals surface area contributed by atoms with Gasteiger partial charge in [-0.1, -0.05) is 0 Å². The maximum Gasteiger partial charge on any atom is 0.252 e. The molecule has 11 nitrogen and oxygen atoms in total. The minimum absolute atomic E-state index is 0.0672. The monoisotopic (exact) mass is 660 g/mol. The van der Waals surface area contributed by atoms with Crippen LogP contribution in [0.2, 0.25) is 0 Å². The van der Waals surface area contributed by atoms with Gasteiger partial charge in [0.15, 0.2) is 11.5 Å². The molecule has 1 aromatic rings. The molecule has 0 radical (unpaired) electrons. The number of aliphatic hydroxyl groups is 3. The topological polar surface area (TPSA) is 147 Å². The van der Waals surface area contributed by atoms with Crippen molar-refractivity contribution in [2.75, 3.05) is 40.0 Å². The Morgan fingerprint density at radius 3 is 2.59 bits per heavy atom. The van der Waals surface area contributed by atoms with Crippen LogP contribution in [0.15, 0.2) is 23.8 Å². The zero-order chi connectivity index (χ0) is 27.9. The average Bonchev–Trinajstić information content (AvgIpc) is 3.67. The third-order valence-electron chi connectivity index (χ3n) is 7.25. The maximum absolute atomic E-state index is 13.7. The second-order valence-corrected chi connectivity index (χ2v) is 11.1. The van der Waals surface area contributed by atoms with Gasteiger partial charge < -0.3 is 44.5 Å². The van der Waals surface area contributed by atoms with E-state index < -0.39 is 30.3 Å². The molecule has 4 rings (SSSR count). The van der Waals surface area contributed by atoms with Crippen LogP contribution in [0, 0.1) is 3.57 Å². The van der Waals surface area contributed by atoms with Gasteiger partial charge in [0.2, 0.25) is 5.91 Å². The average molecular weight is 661 g/mol. The predicted octanol–water partition coefficient (Wildman–Crippen LogP) is 0.894. The summed E-state index contributed by atoms with van der Waals surface area (Å²) in [6, 6.07) is 2.61. The number of nitrogens with one attached hydrogen (secondary N) is 1. The van der Waals surface area contributed by atoms with E-state index in [9.17, 15) is 24.9 Å². The zero-order valence-electron chi connectivity index (χ0n) is 22.0. The van der Waals surface area contributed by atoms with Crippen LogP contribution in [0.1, 0.15) is 37.7 Å². The van der Waals surface area contributed by atoms with Crippen LogP contribution in [-0.2, 0) is 25.7 Å². The van der Waals surface area contributed by atoms with Gasteiger partial charge in [-0.05, 0) is 72.0 Å². The highest BCUT2D eigenvalue weighted by atomic mass is 127. The normalized spacial score (nSPS) is 26.7. The summed E-state index contributed by atoms with van der Waals surface area (Å²) in [5, 5.41) is 33.1. The van der Waals surface area contributed by atoms with Gasteiger partial charge in [0.05, 0.1) is 36.0 Å². The lowest BCUT2D eigenvalue weighted by molar-refractivity contribution is -0.150. The first-order valence-corrected chi connectivity index (χ1v) is 14.4. The van der Waals surface area contributed by atoms with Crippen molar-refractivity contribution in [3.63, 3.8) is 0 Å². The summed E-state index contributed by atoms with van der Waals surface area (Å²) < 4.78 is 24.0. The summed E-state index contributed by atoms with van der Waals surface area (Å²) in [5.41, 5.74) is 0.970. The number of nitrogens with zero attached hydrogens (tertiary/aromatic N) is 1. The van der Waals surface area contributed by atoms with Crippen LogP contribution < -0.4 is 14.8 Å². The molecule has 1 unspecified atom stereocenters. The van der Waals surface area contributed by atoms with Crippen molar-refractivity contribution in [3.05, 3.63) is 32.9 Å². The number of amides is 2. The second kappa shape index (κ2) is 14.1. The highest BCUT2D eigenvalue weighted by Gasteiger charge is 2.44. The quantitative estimate of drug-likeness (QED) is 0.254. The Hall–Kier alpha value is -1.97. The lowest BCUT2D eigenvalue weighted by Crippen LogP contribution is -2.58. The molecule has 3 aliphatic rings. The van der Waals surface area contributed by atoms with Gasteiger partial charge in [0, 0.05) is 38.3 Å². The lowest BCUT2D eigenvalue weighted by Gasteiger charge is -2.42. The van der Waals surface area contributed by atoms with Gasteiger partial charge in [-0.25, -0.2) is 0 Å². The fourth-order valence-electron chi connectivity index (χ4n) is 5.25. The molecule has 216 valence electrons. The van der Waals surface area contributed by atoms with Gasteiger partial charge in [-0.15, -0.1) is 0 Å². The molecule has 4 N–H and O–H groups in total. The zero-order valence-corrected chi connectivity index (χ0v) is 24.2. The van der Waals surface area contributed by atoms with Crippen molar-refractivity contribution >= 4 is 34.4 Å². The van der Waals surface area contributed by atoms with Crippen LogP contribution in [0.5, 0.6) is 11.5 Å². The Bertz CT molecular complexity index is 1040. The molecule has 1 aliphatic carbocycles. The van der Waals surface area contributed by atoms with Gasteiger partial charge in [-0.3, -0.25) is 9.59 Å². The summed E-state index contributed by atoms with van der Waals surface area (Å²) in [7, 11) is 1.48. The third-order valence-corrected chi connectivity index (χ3v) is 8.05. The summed E-state index contributed by atoms with van der Waals surface area (Å²) >= 11 is 2.06. The van der Waals surface area contributed by atoms with E-state index in [4.69, 9.17) is 18.9 Å².